The van der Waals surface area contributed by atoms with Crippen molar-refractivity contribution in [3.8, 4) is 0 Å². The molecule has 2 atom stereocenters. The molecule has 2 unspecified atom stereocenters. The molecule has 0 aliphatic heterocycles. The zero-order valence-corrected chi connectivity index (χ0v) is 16.7. The van der Waals surface area contributed by atoms with Crippen LogP contribution in [0.1, 0.15) is 42.1 Å². The third-order valence-electron chi connectivity index (χ3n) is 4.82. The van der Waals surface area contributed by atoms with E-state index in [0.29, 0.717) is 27.6 Å². The zero-order chi connectivity index (χ0) is 18.1. The van der Waals surface area contributed by atoms with Crippen molar-refractivity contribution < 1.29 is 0 Å². The highest BCUT2D eigenvalue weighted by Gasteiger charge is 2.43. The second kappa shape index (κ2) is 7.63. The van der Waals surface area contributed by atoms with Crippen LogP contribution < -0.4 is 0 Å². The summed E-state index contributed by atoms with van der Waals surface area (Å²) in [6, 6.07) is 16.3. The van der Waals surface area contributed by atoms with Crippen LogP contribution in [-0.2, 0) is 12.3 Å². The van der Waals surface area contributed by atoms with E-state index in [1.54, 1.807) is 11.8 Å². The molecular weight excluding hydrogens is 385 g/mol. The first kappa shape index (κ1) is 17.9. The Labute approximate surface area is 167 Å². The molecule has 3 aromatic rings. The second-order valence-corrected chi connectivity index (χ2v) is 8.19. The molecule has 0 radical (unpaired) electrons. The van der Waals surface area contributed by atoms with Crippen LogP contribution in [0.4, 0.5) is 0 Å². The van der Waals surface area contributed by atoms with Gasteiger partial charge in [-0.15, -0.1) is 10.2 Å². The average Bonchev–Trinajstić information content (AvgIpc) is 3.35. The van der Waals surface area contributed by atoms with Crippen molar-refractivity contribution in [3.63, 3.8) is 0 Å². The summed E-state index contributed by atoms with van der Waals surface area (Å²) in [6.45, 7) is 3.00. The summed E-state index contributed by atoms with van der Waals surface area (Å²) in [5.41, 5.74) is 2.34. The van der Waals surface area contributed by atoms with Crippen LogP contribution in [-0.4, -0.2) is 14.8 Å². The highest BCUT2D eigenvalue weighted by molar-refractivity contribution is 7.98. The van der Waals surface area contributed by atoms with E-state index in [1.165, 1.54) is 5.56 Å². The van der Waals surface area contributed by atoms with E-state index in [1.807, 2.05) is 18.2 Å². The summed E-state index contributed by atoms with van der Waals surface area (Å²) >= 11 is 14.2. The fourth-order valence-corrected chi connectivity index (χ4v) is 5.09. The first-order valence-corrected chi connectivity index (χ1v) is 10.5. The van der Waals surface area contributed by atoms with E-state index in [0.717, 1.165) is 29.5 Å². The van der Waals surface area contributed by atoms with E-state index in [-0.39, 0.29) is 0 Å². The fourth-order valence-electron chi connectivity index (χ4n) is 3.33. The second-order valence-electron chi connectivity index (χ2n) is 6.43. The van der Waals surface area contributed by atoms with Crippen molar-refractivity contribution >= 4 is 35.0 Å². The predicted molar refractivity (Wildman–Crippen MR) is 108 cm³/mol. The molecule has 26 heavy (non-hydrogen) atoms. The molecule has 0 spiro atoms. The molecule has 1 saturated carbocycles. The Balaban J connectivity index is 1.51. The minimum absolute atomic E-state index is 0.461. The van der Waals surface area contributed by atoms with Gasteiger partial charge in [-0.05, 0) is 42.5 Å². The van der Waals surface area contributed by atoms with Crippen LogP contribution in [0.3, 0.4) is 0 Å². The highest BCUT2D eigenvalue weighted by atomic mass is 35.5. The van der Waals surface area contributed by atoms with Gasteiger partial charge in [-0.1, -0.05) is 71.4 Å². The van der Waals surface area contributed by atoms with Gasteiger partial charge in [-0.25, -0.2) is 0 Å². The predicted octanol–water partition coefficient (Wildman–Crippen LogP) is 6.17. The standard InChI is InChI=1S/C20H19Cl2N3S/c1-2-25-19(15-11-14(15)13-7-4-3-5-8-13)23-24-20(25)26-12-16-17(21)9-6-10-18(16)22/h3-10,14-15H,2,11-12H2,1H3. The lowest BCUT2D eigenvalue weighted by atomic mass is 10.1. The van der Waals surface area contributed by atoms with Gasteiger partial charge in [-0.2, -0.15) is 0 Å². The molecule has 0 bridgehead atoms. The van der Waals surface area contributed by atoms with Crippen molar-refractivity contribution in [2.45, 2.75) is 42.6 Å². The summed E-state index contributed by atoms with van der Waals surface area (Å²) < 4.78 is 2.23. The maximum Gasteiger partial charge on any atom is 0.191 e. The van der Waals surface area contributed by atoms with Crippen LogP contribution in [0.15, 0.2) is 53.7 Å². The SMILES string of the molecule is CCn1c(SCc2c(Cl)cccc2Cl)nnc1C1CC1c1ccccc1. The Hall–Kier alpha value is -1.49. The van der Waals surface area contributed by atoms with Crippen molar-refractivity contribution in [1.29, 1.82) is 0 Å². The number of rotatable bonds is 6. The lowest BCUT2D eigenvalue weighted by molar-refractivity contribution is 0.640. The molecule has 0 N–H and O–H groups in total. The molecule has 1 aliphatic rings. The van der Waals surface area contributed by atoms with Crippen LogP contribution in [0, 0.1) is 0 Å². The minimum Gasteiger partial charge on any atom is -0.306 e. The molecule has 0 saturated heterocycles. The van der Waals surface area contributed by atoms with Gasteiger partial charge in [0.05, 0.1) is 0 Å². The van der Waals surface area contributed by atoms with Gasteiger partial charge in [0.1, 0.15) is 5.82 Å². The normalized spacial score (nSPS) is 18.9. The number of nitrogens with zero attached hydrogens (tertiary/aromatic N) is 3. The fraction of sp³-hybridized carbons (Fsp3) is 0.300. The van der Waals surface area contributed by atoms with Crippen molar-refractivity contribution in [3.05, 3.63) is 75.5 Å². The number of halogens is 2. The first-order valence-electron chi connectivity index (χ1n) is 8.72. The largest absolute Gasteiger partial charge is 0.306 e. The molecule has 2 aromatic carbocycles. The van der Waals surface area contributed by atoms with Gasteiger partial charge in [0.25, 0.3) is 0 Å². The molecule has 3 nitrogen and oxygen atoms in total. The third kappa shape index (κ3) is 3.51. The van der Waals surface area contributed by atoms with Crippen LogP contribution in [0.25, 0.3) is 0 Å². The smallest absolute Gasteiger partial charge is 0.191 e. The maximum absolute atomic E-state index is 6.28. The van der Waals surface area contributed by atoms with E-state index in [2.05, 4.69) is 52.0 Å². The van der Waals surface area contributed by atoms with Gasteiger partial charge >= 0.3 is 0 Å². The van der Waals surface area contributed by atoms with Crippen LogP contribution in [0.5, 0.6) is 0 Å². The molecule has 6 heteroatoms. The maximum atomic E-state index is 6.28. The topological polar surface area (TPSA) is 30.7 Å². The minimum atomic E-state index is 0.461. The lowest BCUT2D eigenvalue weighted by Crippen LogP contribution is -2.03. The van der Waals surface area contributed by atoms with E-state index >= 15 is 0 Å². The summed E-state index contributed by atoms with van der Waals surface area (Å²) in [4.78, 5) is 0. The van der Waals surface area contributed by atoms with Crippen molar-refractivity contribution in [1.82, 2.24) is 14.8 Å². The Morgan fingerprint density at radius 1 is 1.00 bits per heavy atom. The Morgan fingerprint density at radius 3 is 2.42 bits per heavy atom. The van der Waals surface area contributed by atoms with Gasteiger partial charge in [0, 0.05) is 28.3 Å². The zero-order valence-electron chi connectivity index (χ0n) is 14.4. The Kier molecular flexibility index (Phi) is 5.25. The molecule has 4 rings (SSSR count). The number of hydrogen-bond acceptors (Lipinski definition) is 3. The van der Waals surface area contributed by atoms with E-state index in [4.69, 9.17) is 23.2 Å². The number of hydrogen-bond donors (Lipinski definition) is 0. The first-order chi connectivity index (χ1) is 12.7. The van der Waals surface area contributed by atoms with Crippen molar-refractivity contribution in [2.75, 3.05) is 0 Å². The van der Waals surface area contributed by atoms with Crippen molar-refractivity contribution in [2.24, 2.45) is 0 Å². The molecule has 1 aromatic heterocycles. The van der Waals surface area contributed by atoms with Crippen LogP contribution in [0.2, 0.25) is 10.0 Å². The number of aromatic nitrogens is 3. The van der Waals surface area contributed by atoms with E-state index in [9.17, 15) is 0 Å². The van der Waals surface area contributed by atoms with Gasteiger partial charge in [0.2, 0.25) is 0 Å². The van der Waals surface area contributed by atoms with Gasteiger partial charge in [-0.3, -0.25) is 0 Å². The van der Waals surface area contributed by atoms with Gasteiger partial charge in [0.15, 0.2) is 5.16 Å². The third-order valence-corrected chi connectivity index (χ3v) is 6.52. The highest BCUT2D eigenvalue weighted by Crippen LogP contribution is 2.54. The monoisotopic (exact) mass is 403 g/mol. The average molecular weight is 404 g/mol. The lowest BCUT2D eigenvalue weighted by Gasteiger charge is -2.09. The molecule has 1 fully saturated rings. The summed E-state index contributed by atoms with van der Waals surface area (Å²) in [5.74, 6) is 2.79. The molecule has 1 aliphatic carbocycles. The Bertz CT molecular complexity index is 890. The molecule has 1 heterocycles. The summed E-state index contributed by atoms with van der Waals surface area (Å²) in [5, 5.41) is 11.3. The molecule has 0 amide bonds. The quantitative estimate of drug-likeness (QED) is 0.461. The molecule has 134 valence electrons. The number of thioether (sulfide) groups is 1. The summed E-state index contributed by atoms with van der Waals surface area (Å²) in [7, 11) is 0. The Morgan fingerprint density at radius 2 is 1.73 bits per heavy atom. The molecular formula is C20H19Cl2N3S. The van der Waals surface area contributed by atoms with E-state index < -0.39 is 0 Å². The van der Waals surface area contributed by atoms with Gasteiger partial charge < -0.3 is 4.57 Å². The number of benzene rings is 2. The summed E-state index contributed by atoms with van der Waals surface area (Å²) in [6.07, 6.45) is 1.14. The van der Waals surface area contributed by atoms with Crippen LogP contribution >= 0.6 is 35.0 Å².